The lowest BCUT2D eigenvalue weighted by Gasteiger charge is -2.13. The Labute approximate surface area is 169 Å². The van der Waals surface area contributed by atoms with Crippen molar-refractivity contribution in [3.63, 3.8) is 0 Å². The van der Waals surface area contributed by atoms with Gasteiger partial charge in [-0.25, -0.2) is 4.98 Å². The van der Waals surface area contributed by atoms with E-state index in [-0.39, 0.29) is 24.3 Å². The van der Waals surface area contributed by atoms with Crippen molar-refractivity contribution in [2.24, 2.45) is 0 Å². The first-order chi connectivity index (χ1) is 13.5. The smallest absolute Gasteiger partial charge is 0.257 e. The summed E-state index contributed by atoms with van der Waals surface area (Å²) in [6, 6.07) is 3.92. The van der Waals surface area contributed by atoms with Gasteiger partial charge in [0.1, 0.15) is 5.75 Å². The average molecular weight is 418 g/mol. The summed E-state index contributed by atoms with van der Waals surface area (Å²) in [4.78, 5) is 41.0. The summed E-state index contributed by atoms with van der Waals surface area (Å²) in [5.74, 6) is 0.181. The molecule has 9 heteroatoms. The molecule has 1 fully saturated rings. The van der Waals surface area contributed by atoms with Gasteiger partial charge in [0.2, 0.25) is 11.8 Å². The fourth-order valence-corrected chi connectivity index (χ4v) is 5.07. The average Bonchev–Trinajstić information content (AvgIpc) is 3.36. The maximum Gasteiger partial charge on any atom is 0.257 e. The molecular formula is C19H19N3O4S2. The topological polar surface area (TPSA) is 88.6 Å². The van der Waals surface area contributed by atoms with Crippen LogP contribution in [-0.2, 0) is 14.4 Å². The van der Waals surface area contributed by atoms with Crippen molar-refractivity contribution in [1.29, 1.82) is 0 Å². The summed E-state index contributed by atoms with van der Waals surface area (Å²) >= 11 is 3.21. The zero-order chi connectivity index (χ0) is 19.7. The minimum Gasteiger partial charge on any atom is -0.483 e. The predicted octanol–water partition coefficient (Wildman–Crippen LogP) is 2.85. The molecule has 3 aromatic rings. The van der Waals surface area contributed by atoms with Gasteiger partial charge in [0.05, 0.1) is 19.9 Å². The highest BCUT2D eigenvalue weighted by Crippen LogP contribution is 2.38. The first-order valence-corrected chi connectivity index (χ1v) is 10.7. The molecule has 3 heterocycles. The first-order valence-electron chi connectivity index (χ1n) is 9.03. The van der Waals surface area contributed by atoms with E-state index in [4.69, 9.17) is 4.74 Å². The van der Waals surface area contributed by atoms with Crippen LogP contribution in [0.3, 0.4) is 0 Å². The van der Waals surface area contributed by atoms with Crippen molar-refractivity contribution < 1.29 is 19.1 Å². The van der Waals surface area contributed by atoms with E-state index in [1.54, 1.807) is 22.7 Å². The second-order valence-electron chi connectivity index (χ2n) is 6.55. The summed E-state index contributed by atoms with van der Waals surface area (Å²) in [6.45, 7) is 2.62. The molecule has 0 radical (unpaired) electrons. The Morgan fingerprint density at radius 1 is 1.32 bits per heavy atom. The number of aryl methyl sites for hydroxylation is 1. The van der Waals surface area contributed by atoms with Crippen LogP contribution in [0.2, 0.25) is 0 Å². The number of fused-ring (bicyclic) bond motifs is 3. The summed E-state index contributed by atoms with van der Waals surface area (Å²) < 4.78 is 7.89. The molecule has 1 saturated heterocycles. The molecule has 0 aliphatic carbocycles. The van der Waals surface area contributed by atoms with Crippen LogP contribution in [0, 0.1) is 6.92 Å². The van der Waals surface area contributed by atoms with Gasteiger partial charge in [-0.15, -0.1) is 22.7 Å². The zero-order valence-electron chi connectivity index (χ0n) is 15.3. The molecule has 4 rings (SSSR count). The number of nitrogens with zero attached hydrogens (tertiary/aromatic N) is 2. The molecule has 7 nitrogen and oxygen atoms in total. The Bertz CT molecular complexity index is 1060. The highest BCUT2D eigenvalue weighted by molar-refractivity contribution is 7.21. The van der Waals surface area contributed by atoms with Crippen molar-refractivity contribution in [1.82, 2.24) is 15.2 Å². The van der Waals surface area contributed by atoms with Crippen molar-refractivity contribution in [2.75, 3.05) is 19.7 Å². The Hall–Kier alpha value is -2.52. The Morgan fingerprint density at radius 3 is 2.89 bits per heavy atom. The number of thiazole rings is 1. The largest absolute Gasteiger partial charge is 0.483 e. The monoisotopic (exact) mass is 417 g/mol. The van der Waals surface area contributed by atoms with Gasteiger partial charge in [-0.1, -0.05) is 0 Å². The zero-order valence-corrected chi connectivity index (χ0v) is 17.0. The van der Waals surface area contributed by atoms with Gasteiger partial charge in [0.25, 0.3) is 5.91 Å². The maximum atomic E-state index is 12.1. The number of amides is 3. The van der Waals surface area contributed by atoms with Crippen LogP contribution in [0.15, 0.2) is 17.5 Å². The first kappa shape index (κ1) is 18.8. The normalized spacial score (nSPS) is 14.4. The van der Waals surface area contributed by atoms with Crippen LogP contribution in [0.1, 0.15) is 24.3 Å². The molecule has 3 amide bonds. The van der Waals surface area contributed by atoms with E-state index in [1.807, 2.05) is 24.4 Å². The number of thiophene rings is 1. The van der Waals surface area contributed by atoms with Crippen molar-refractivity contribution >= 4 is 60.7 Å². The number of aromatic nitrogens is 1. The number of rotatable bonds is 7. The van der Waals surface area contributed by atoms with Crippen LogP contribution < -0.4 is 10.1 Å². The highest BCUT2D eigenvalue weighted by Gasteiger charge is 2.27. The van der Waals surface area contributed by atoms with Crippen molar-refractivity contribution in [3.8, 4) is 5.75 Å². The summed E-state index contributed by atoms with van der Waals surface area (Å²) in [6.07, 6.45) is 1.11. The Balaban J connectivity index is 1.31. The number of hydrogen-bond acceptors (Lipinski definition) is 7. The fourth-order valence-electron chi connectivity index (χ4n) is 3.24. The molecule has 1 N–H and O–H groups in total. The lowest BCUT2D eigenvalue weighted by atomic mass is 10.2. The van der Waals surface area contributed by atoms with E-state index in [2.05, 4.69) is 10.3 Å². The van der Waals surface area contributed by atoms with E-state index < -0.39 is 0 Å². The Morgan fingerprint density at radius 2 is 2.11 bits per heavy atom. The van der Waals surface area contributed by atoms with Crippen LogP contribution >= 0.6 is 22.7 Å². The lowest BCUT2D eigenvalue weighted by Crippen LogP contribution is -2.34. The van der Waals surface area contributed by atoms with Gasteiger partial charge in [0, 0.05) is 37.4 Å². The van der Waals surface area contributed by atoms with Crippen molar-refractivity contribution in [3.05, 3.63) is 22.5 Å². The molecule has 0 bridgehead atoms. The van der Waals surface area contributed by atoms with Crippen LogP contribution in [-0.4, -0.2) is 47.3 Å². The molecule has 1 aromatic carbocycles. The van der Waals surface area contributed by atoms with Gasteiger partial charge in [-0.2, -0.15) is 0 Å². The standard InChI is InChI=1S/C19H19N3O4S2/c1-11-21-18-14(28-11)9-13(12-5-8-27-19(12)18)26-10-15(23)20-6-2-7-22-16(24)3-4-17(22)25/h5,8-9H,2-4,6-7,10H2,1H3,(H,20,23). The van der Waals surface area contributed by atoms with E-state index in [0.29, 0.717) is 38.1 Å². The highest BCUT2D eigenvalue weighted by atomic mass is 32.1. The van der Waals surface area contributed by atoms with Crippen LogP contribution in [0.5, 0.6) is 5.75 Å². The molecule has 0 atom stereocenters. The van der Waals surface area contributed by atoms with Gasteiger partial charge in [-0.3, -0.25) is 19.3 Å². The second-order valence-corrected chi connectivity index (χ2v) is 8.70. The molecule has 0 spiro atoms. The quantitative estimate of drug-likeness (QED) is 0.472. The summed E-state index contributed by atoms with van der Waals surface area (Å²) in [5, 5.41) is 6.72. The fraction of sp³-hybridized carbons (Fsp3) is 0.368. The third-order valence-corrected chi connectivity index (χ3v) is 6.40. The maximum absolute atomic E-state index is 12.1. The van der Waals surface area contributed by atoms with Gasteiger partial charge in [0.15, 0.2) is 6.61 Å². The van der Waals surface area contributed by atoms with Gasteiger partial charge >= 0.3 is 0 Å². The number of imide groups is 1. The number of nitrogens with one attached hydrogen (secondary N) is 1. The van der Waals surface area contributed by atoms with Crippen LogP contribution in [0.4, 0.5) is 0 Å². The van der Waals surface area contributed by atoms with Crippen molar-refractivity contribution in [2.45, 2.75) is 26.2 Å². The molecule has 1 aliphatic heterocycles. The van der Waals surface area contributed by atoms with Gasteiger partial charge in [-0.05, 0) is 24.8 Å². The van der Waals surface area contributed by atoms with Gasteiger partial charge < -0.3 is 10.1 Å². The lowest BCUT2D eigenvalue weighted by molar-refractivity contribution is -0.138. The molecule has 0 saturated carbocycles. The number of hydrogen-bond donors (Lipinski definition) is 1. The molecule has 146 valence electrons. The summed E-state index contributed by atoms with van der Waals surface area (Å²) in [5.41, 5.74) is 0.982. The summed E-state index contributed by atoms with van der Waals surface area (Å²) in [7, 11) is 0. The Kier molecular flexibility index (Phi) is 5.27. The van der Waals surface area contributed by atoms with E-state index in [9.17, 15) is 14.4 Å². The second kappa shape index (κ2) is 7.84. The molecule has 0 unspecified atom stereocenters. The SMILES string of the molecule is Cc1nc2c(cc(OCC(=O)NCCCN3C(=O)CCC3=O)c3ccsc32)s1. The predicted molar refractivity (Wildman–Crippen MR) is 109 cm³/mol. The number of ether oxygens (including phenoxy) is 1. The number of likely N-dealkylation sites (tertiary alicyclic amines) is 1. The number of carbonyl (C=O) groups is 3. The third-order valence-electron chi connectivity index (χ3n) is 4.56. The molecular weight excluding hydrogens is 398 g/mol. The van der Waals surface area contributed by atoms with E-state index >= 15 is 0 Å². The minimum absolute atomic E-state index is 0.0875. The third kappa shape index (κ3) is 3.72. The molecule has 1 aliphatic rings. The number of benzene rings is 1. The molecule has 2 aromatic heterocycles. The van der Waals surface area contributed by atoms with E-state index in [0.717, 1.165) is 25.3 Å². The number of carbonyl (C=O) groups excluding carboxylic acids is 3. The minimum atomic E-state index is -0.233. The molecule has 28 heavy (non-hydrogen) atoms. The van der Waals surface area contributed by atoms with Crippen LogP contribution in [0.25, 0.3) is 20.3 Å². The van der Waals surface area contributed by atoms with E-state index in [1.165, 1.54) is 4.90 Å².